The maximum atomic E-state index is 6.63. The monoisotopic (exact) mass is 742 g/mol. The van der Waals surface area contributed by atoms with Gasteiger partial charge in [0.2, 0.25) is 0 Å². The molecule has 0 aliphatic carbocycles. The molecule has 272 valence electrons. The molecular formula is C54H34N2O2. The van der Waals surface area contributed by atoms with Gasteiger partial charge in [-0.2, -0.15) is 0 Å². The van der Waals surface area contributed by atoms with E-state index in [4.69, 9.17) is 8.83 Å². The Hall–Kier alpha value is -7.82. The highest BCUT2D eigenvalue weighted by atomic mass is 16.3. The van der Waals surface area contributed by atoms with Gasteiger partial charge in [-0.1, -0.05) is 140 Å². The van der Waals surface area contributed by atoms with E-state index in [0.29, 0.717) is 0 Å². The molecule has 0 aliphatic rings. The summed E-state index contributed by atoms with van der Waals surface area (Å²) < 4.78 is 15.4. The Morgan fingerprint density at radius 3 is 1.60 bits per heavy atom. The largest absolute Gasteiger partial charge is 0.455 e. The lowest BCUT2D eigenvalue weighted by molar-refractivity contribution is 0.669. The highest BCUT2D eigenvalue weighted by Gasteiger charge is 2.21. The fourth-order valence-corrected chi connectivity index (χ4v) is 8.91. The molecule has 4 nitrogen and oxygen atoms in total. The molecule has 12 aromatic rings. The molecule has 0 radical (unpaired) electrons. The molecule has 58 heavy (non-hydrogen) atoms. The summed E-state index contributed by atoms with van der Waals surface area (Å²) in [5.74, 6) is 0. The summed E-state index contributed by atoms with van der Waals surface area (Å²) in [7, 11) is 0. The SMILES string of the molecule is c1ccc(-n2c3ccccc3c3ccc(-c4ccc(N(c5ccc(-c6cccc7c6oc6ccccc67)cc5)c5cccc6c5oc5ccccc56)cc4)cc32)cc1. The Morgan fingerprint density at radius 1 is 0.345 bits per heavy atom. The van der Waals surface area contributed by atoms with E-state index in [1.165, 1.54) is 21.8 Å². The van der Waals surface area contributed by atoms with E-state index < -0.39 is 0 Å². The zero-order valence-electron chi connectivity index (χ0n) is 31.3. The third-order valence-electron chi connectivity index (χ3n) is 11.6. The van der Waals surface area contributed by atoms with E-state index in [9.17, 15) is 0 Å². The molecule has 0 fully saturated rings. The number of furan rings is 2. The first-order valence-electron chi connectivity index (χ1n) is 19.7. The van der Waals surface area contributed by atoms with Crippen molar-refractivity contribution >= 4 is 82.7 Å². The standard InChI is InChI=1S/C54H34N2O2/c1-2-12-38(13-3-1)56-48-20-7-4-14-42(48)43-33-28-37(34-50(43)56)35-24-29-39(30-25-35)55(49-21-11-19-47-45-16-6-9-23-52(45)58-54(47)49)40-31-26-36(27-32-40)41-17-10-18-46-44-15-5-8-22-51(44)57-53(41)46/h1-34H. The van der Waals surface area contributed by atoms with Crippen LogP contribution < -0.4 is 4.90 Å². The van der Waals surface area contributed by atoms with Gasteiger partial charge in [-0.25, -0.2) is 0 Å². The van der Waals surface area contributed by atoms with E-state index in [1.54, 1.807) is 0 Å². The fourth-order valence-electron chi connectivity index (χ4n) is 8.91. The van der Waals surface area contributed by atoms with Crippen molar-refractivity contribution in [3.05, 3.63) is 206 Å². The molecule has 12 rings (SSSR count). The van der Waals surface area contributed by atoms with Crippen molar-refractivity contribution in [3.63, 3.8) is 0 Å². The summed E-state index contributed by atoms with van der Waals surface area (Å²) in [6.45, 7) is 0. The Kier molecular flexibility index (Phi) is 7.20. The molecule has 0 bridgehead atoms. The number of anilines is 3. The van der Waals surface area contributed by atoms with Gasteiger partial charge in [0.25, 0.3) is 0 Å². The summed E-state index contributed by atoms with van der Waals surface area (Å²) >= 11 is 0. The molecule has 0 spiro atoms. The predicted octanol–water partition coefficient (Wildman–Crippen LogP) is 15.4. The Morgan fingerprint density at radius 2 is 0.879 bits per heavy atom. The fraction of sp³-hybridized carbons (Fsp3) is 0. The van der Waals surface area contributed by atoms with Gasteiger partial charge < -0.3 is 18.3 Å². The number of benzene rings is 9. The van der Waals surface area contributed by atoms with Gasteiger partial charge in [0.1, 0.15) is 16.7 Å². The Labute approximate surface area is 334 Å². The van der Waals surface area contributed by atoms with E-state index in [1.807, 2.05) is 24.3 Å². The topological polar surface area (TPSA) is 34.5 Å². The lowest BCUT2D eigenvalue weighted by Crippen LogP contribution is -2.10. The van der Waals surface area contributed by atoms with E-state index in [0.717, 1.165) is 88.9 Å². The van der Waals surface area contributed by atoms with Gasteiger partial charge >= 0.3 is 0 Å². The van der Waals surface area contributed by atoms with Crippen molar-refractivity contribution in [2.45, 2.75) is 0 Å². The predicted molar refractivity (Wildman–Crippen MR) is 241 cm³/mol. The maximum absolute atomic E-state index is 6.63. The van der Waals surface area contributed by atoms with Gasteiger partial charge in [-0.05, 0) is 83.4 Å². The van der Waals surface area contributed by atoms with Crippen molar-refractivity contribution < 1.29 is 8.83 Å². The van der Waals surface area contributed by atoms with Crippen LogP contribution in [-0.2, 0) is 0 Å². The van der Waals surface area contributed by atoms with Crippen LogP contribution in [0.5, 0.6) is 0 Å². The second kappa shape index (κ2) is 12.9. The van der Waals surface area contributed by atoms with Gasteiger partial charge in [0.15, 0.2) is 5.58 Å². The van der Waals surface area contributed by atoms with E-state index in [2.05, 4.69) is 191 Å². The third kappa shape index (κ3) is 5.02. The molecule has 0 amide bonds. The number of nitrogens with zero attached hydrogens (tertiary/aromatic N) is 2. The Bertz CT molecular complexity index is 3500. The zero-order chi connectivity index (χ0) is 38.2. The first-order valence-corrected chi connectivity index (χ1v) is 19.7. The molecule has 3 heterocycles. The molecule has 0 N–H and O–H groups in total. The lowest BCUT2D eigenvalue weighted by Gasteiger charge is -2.26. The first kappa shape index (κ1) is 32.4. The van der Waals surface area contributed by atoms with Crippen LogP contribution in [0.15, 0.2) is 215 Å². The summed E-state index contributed by atoms with van der Waals surface area (Å²) in [6.07, 6.45) is 0. The minimum Gasteiger partial charge on any atom is -0.455 e. The molecule has 0 unspecified atom stereocenters. The van der Waals surface area contributed by atoms with Crippen molar-refractivity contribution in [3.8, 4) is 27.9 Å². The van der Waals surface area contributed by atoms with Crippen molar-refractivity contribution in [2.24, 2.45) is 0 Å². The third-order valence-corrected chi connectivity index (χ3v) is 11.6. The first-order chi connectivity index (χ1) is 28.8. The summed E-state index contributed by atoms with van der Waals surface area (Å²) in [4.78, 5) is 2.30. The molecule has 0 atom stereocenters. The maximum Gasteiger partial charge on any atom is 0.159 e. The summed E-state index contributed by atoms with van der Waals surface area (Å²) in [5, 5.41) is 6.93. The van der Waals surface area contributed by atoms with E-state index >= 15 is 0 Å². The molecule has 4 heteroatoms. The van der Waals surface area contributed by atoms with Crippen molar-refractivity contribution in [1.29, 1.82) is 0 Å². The van der Waals surface area contributed by atoms with Crippen LogP contribution in [0.4, 0.5) is 17.1 Å². The van der Waals surface area contributed by atoms with Crippen LogP contribution in [-0.4, -0.2) is 4.57 Å². The minimum atomic E-state index is 0.850. The van der Waals surface area contributed by atoms with Crippen LogP contribution in [0.3, 0.4) is 0 Å². The van der Waals surface area contributed by atoms with Crippen LogP contribution >= 0.6 is 0 Å². The van der Waals surface area contributed by atoms with Crippen LogP contribution in [0.25, 0.3) is 93.6 Å². The number of hydrogen-bond donors (Lipinski definition) is 0. The van der Waals surface area contributed by atoms with Crippen LogP contribution in [0.1, 0.15) is 0 Å². The highest BCUT2D eigenvalue weighted by Crippen LogP contribution is 2.44. The average Bonchev–Trinajstić information content (AvgIpc) is 3.97. The quantitative estimate of drug-likeness (QED) is 0.170. The number of aromatic nitrogens is 1. The number of fused-ring (bicyclic) bond motifs is 9. The zero-order valence-corrected chi connectivity index (χ0v) is 31.3. The summed E-state index contributed by atoms with van der Waals surface area (Å²) in [6, 6.07) is 73.1. The molecule has 3 aromatic heterocycles. The lowest BCUT2D eigenvalue weighted by atomic mass is 10.0. The second-order valence-corrected chi connectivity index (χ2v) is 14.9. The molecule has 0 saturated heterocycles. The van der Waals surface area contributed by atoms with Gasteiger partial charge in [0, 0.05) is 54.9 Å². The number of para-hydroxylation sites is 6. The molecule has 0 saturated carbocycles. The van der Waals surface area contributed by atoms with Gasteiger partial charge in [-0.15, -0.1) is 0 Å². The molecule has 9 aromatic carbocycles. The average molecular weight is 743 g/mol. The van der Waals surface area contributed by atoms with Gasteiger partial charge in [-0.3, -0.25) is 0 Å². The minimum absolute atomic E-state index is 0.850. The summed E-state index contributed by atoms with van der Waals surface area (Å²) in [5.41, 5.74) is 14.6. The van der Waals surface area contributed by atoms with Crippen LogP contribution in [0, 0.1) is 0 Å². The van der Waals surface area contributed by atoms with Crippen LogP contribution in [0.2, 0.25) is 0 Å². The van der Waals surface area contributed by atoms with Crippen molar-refractivity contribution in [2.75, 3.05) is 4.90 Å². The van der Waals surface area contributed by atoms with Crippen molar-refractivity contribution in [1.82, 2.24) is 4.57 Å². The Balaban J connectivity index is 0.987. The second-order valence-electron chi connectivity index (χ2n) is 14.9. The number of rotatable bonds is 6. The highest BCUT2D eigenvalue weighted by molar-refractivity contribution is 6.12. The van der Waals surface area contributed by atoms with Gasteiger partial charge in [0.05, 0.1) is 16.7 Å². The normalized spacial score (nSPS) is 11.8. The number of hydrogen-bond acceptors (Lipinski definition) is 3. The molecular weight excluding hydrogens is 709 g/mol. The molecule has 0 aliphatic heterocycles. The smallest absolute Gasteiger partial charge is 0.159 e. The van der Waals surface area contributed by atoms with E-state index in [-0.39, 0.29) is 0 Å².